The van der Waals surface area contributed by atoms with Crippen molar-refractivity contribution in [2.75, 3.05) is 18.5 Å². The first-order valence-corrected chi connectivity index (χ1v) is 9.43. The van der Waals surface area contributed by atoms with Crippen LogP contribution in [0.25, 0.3) is 0 Å². The number of pyridine rings is 1. The van der Waals surface area contributed by atoms with E-state index in [1.165, 1.54) is 19.2 Å². The third-order valence-electron chi connectivity index (χ3n) is 4.21. The van der Waals surface area contributed by atoms with Crippen molar-refractivity contribution in [3.8, 4) is 17.6 Å². The summed E-state index contributed by atoms with van der Waals surface area (Å²) >= 11 is 0. The fourth-order valence-corrected chi connectivity index (χ4v) is 2.46. The molecule has 1 aliphatic rings. The average molecular weight is 407 g/mol. The minimum Gasteiger partial charge on any atom is -0.505 e. The molecule has 0 radical (unpaired) electrons. The highest BCUT2D eigenvalue weighted by molar-refractivity contribution is 5.96. The van der Waals surface area contributed by atoms with Crippen LogP contribution < -0.4 is 10.6 Å². The van der Waals surface area contributed by atoms with Gasteiger partial charge in [0, 0.05) is 29.9 Å². The SMILES string of the molecule is CC(=O)Nc1ccc(C#Cc2cnc(C(=O)NCC(=O)OCC3CC3)c(O)c2)cc1. The highest BCUT2D eigenvalue weighted by Gasteiger charge is 2.23. The molecule has 1 heterocycles. The van der Waals surface area contributed by atoms with Gasteiger partial charge in [0.25, 0.3) is 5.91 Å². The quantitative estimate of drug-likeness (QED) is 0.497. The number of esters is 1. The van der Waals surface area contributed by atoms with Gasteiger partial charge in [-0.2, -0.15) is 0 Å². The van der Waals surface area contributed by atoms with Crippen LogP contribution in [-0.4, -0.2) is 41.0 Å². The van der Waals surface area contributed by atoms with Gasteiger partial charge in [-0.15, -0.1) is 0 Å². The zero-order valence-corrected chi connectivity index (χ0v) is 16.4. The van der Waals surface area contributed by atoms with E-state index in [9.17, 15) is 19.5 Å². The second-order valence-corrected chi connectivity index (χ2v) is 6.91. The molecule has 0 saturated heterocycles. The average Bonchev–Trinajstić information content (AvgIpc) is 3.54. The third-order valence-corrected chi connectivity index (χ3v) is 4.21. The van der Waals surface area contributed by atoms with E-state index >= 15 is 0 Å². The van der Waals surface area contributed by atoms with Gasteiger partial charge in [0.2, 0.25) is 5.91 Å². The molecular formula is C22H21N3O5. The fraction of sp³-hybridized carbons (Fsp3) is 0.273. The van der Waals surface area contributed by atoms with Crippen LogP contribution >= 0.6 is 0 Å². The first-order valence-electron chi connectivity index (χ1n) is 9.43. The van der Waals surface area contributed by atoms with E-state index in [2.05, 4.69) is 27.5 Å². The molecule has 30 heavy (non-hydrogen) atoms. The number of anilines is 1. The molecule has 0 bridgehead atoms. The molecule has 1 aromatic heterocycles. The molecule has 3 N–H and O–H groups in total. The molecule has 1 fully saturated rings. The van der Waals surface area contributed by atoms with E-state index in [0.717, 1.165) is 12.8 Å². The number of nitrogens with one attached hydrogen (secondary N) is 2. The minimum atomic E-state index is -0.677. The van der Waals surface area contributed by atoms with Gasteiger partial charge in [-0.1, -0.05) is 11.8 Å². The molecule has 0 atom stereocenters. The molecule has 3 rings (SSSR count). The summed E-state index contributed by atoms with van der Waals surface area (Å²) in [6.07, 6.45) is 3.49. The van der Waals surface area contributed by atoms with E-state index in [0.29, 0.717) is 29.3 Å². The molecule has 8 heteroatoms. The largest absolute Gasteiger partial charge is 0.505 e. The number of hydrogen-bond acceptors (Lipinski definition) is 6. The monoisotopic (exact) mass is 407 g/mol. The molecule has 1 saturated carbocycles. The molecule has 8 nitrogen and oxygen atoms in total. The normalized spacial score (nSPS) is 12.3. The number of benzene rings is 1. The van der Waals surface area contributed by atoms with Gasteiger partial charge in [0.15, 0.2) is 5.69 Å². The summed E-state index contributed by atoms with van der Waals surface area (Å²) in [5, 5.41) is 15.1. The number of aromatic hydroxyl groups is 1. The number of hydrogen-bond donors (Lipinski definition) is 3. The van der Waals surface area contributed by atoms with E-state index in [1.807, 2.05) is 0 Å². The van der Waals surface area contributed by atoms with Crippen LogP contribution in [0.4, 0.5) is 5.69 Å². The van der Waals surface area contributed by atoms with Crippen molar-refractivity contribution < 1.29 is 24.2 Å². The second kappa shape index (κ2) is 9.56. The summed E-state index contributed by atoms with van der Waals surface area (Å²) < 4.78 is 5.03. The Hall–Kier alpha value is -3.86. The van der Waals surface area contributed by atoms with Crippen molar-refractivity contribution in [3.63, 3.8) is 0 Å². The Morgan fingerprint density at radius 1 is 1.17 bits per heavy atom. The molecule has 1 aromatic carbocycles. The molecular weight excluding hydrogens is 386 g/mol. The summed E-state index contributed by atoms with van der Waals surface area (Å²) in [7, 11) is 0. The predicted octanol–water partition coefficient (Wildman–Crippen LogP) is 1.83. The number of ether oxygens (including phenoxy) is 1. The molecule has 0 aliphatic heterocycles. The van der Waals surface area contributed by atoms with Crippen molar-refractivity contribution in [3.05, 3.63) is 53.3 Å². The maximum Gasteiger partial charge on any atom is 0.325 e. The topological polar surface area (TPSA) is 118 Å². The molecule has 2 amide bonds. The van der Waals surface area contributed by atoms with Crippen LogP contribution in [0.5, 0.6) is 5.75 Å². The Labute approximate surface area is 173 Å². The van der Waals surface area contributed by atoms with E-state index < -0.39 is 11.9 Å². The Bertz CT molecular complexity index is 1020. The maximum atomic E-state index is 12.1. The van der Waals surface area contributed by atoms with Crippen LogP contribution in [0.3, 0.4) is 0 Å². The first-order chi connectivity index (χ1) is 14.4. The van der Waals surface area contributed by atoms with Crippen LogP contribution in [-0.2, 0) is 14.3 Å². The van der Waals surface area contributed by atoms with Gasteiger partial charge in [-0.05, 0) is 49.1 Å². The molecule has 0 unspecified atom stereocenters. The first kappa shape index (κ1) is 20.9. The fourth-order valence-electron chi connectivity index (χ4n) is 2.46. The molecule has 154 valence electrons. The van der Waals surface area contributed by atoms with E-state index in [4.69, 9.17) is 4.74 Å². The summed E-state index contributed by atoms with van der Waals surface area (Å²) in [5.74, 6) is 4.50. The van der Waals surface area contributed by atoms with Crippen LogP contribution in [0.15, 0.2) is 36.5 Å². The smallest absolute Gasteiger partial charge is 0.325 e. The Balaban J connectivity index is 1.56. The number of rotatable bonds is 6. The Morgan fingerprint density at radius 2 is 1.87 bits per heavy atom. The van der Waals surface area contributed by atoms with Crippen LogP contribution in [0, 0.1) is 17.8 Å². The number of amides is 2. The summed E-state index contributed by atoms with van der Waals surface area (Å²) in [4.78, 5) is 38.7. The number of aromatic nitrogens is 1. The van der Waals surface area contributed by atoms with Gasteiger partial charge in [0.05, 0.1) is 6.61 Å². The predicted molar refractivity (Wildman–Crippen MR) is 109 cm³/mol. The van der Waals surface area contributed by atoms with Crippen molar-refractivity contribution in [1.29, 1.82) is 0 Å². The summed E-state index contributed by atoms with van der Waals surface area (Å²) in [5.41, 5.74) is 1.59. The maximum absolute atomic E-state index is 12.1. The lowest BCUT2D eigenvalue weighted by molar-refractivity contribution is -0.142. The lowest BCUT2D eigenvalue weighted by atomic mass is 10.2. The number of carbonyl (C=O) groups is 3. The second-order valence-electron chi connectivity index (χ2n) is 6.91. The third kappa shape index (κ3) is 6.34. The van der Waals surface area contributed by atoms with Crippen molar-refractivity contribution in [2.45, 2.75) is 19.8 Å². The van der Waals surface area contributed by atoms with E-state index in [1.54, 1.807) is 24.3 Å². The standard InChI is InChI=1S/C22H21N3O5/c1-14(26)25-18-8-6-15(7-9-18)2-5-17-10-19(27)21(23-11-17)22(29)24-12-20(28)30-13-16-3-4-16/h6-11,16,27H,3-4,12-13H2,1H3,(H,24,29)(H,25,26). The Kier molecular flexibility index (Phi) is 6.65. The zero-order valence-electron chi connectivity index (χ0n) is 16.4. The highest BCUT2D eigenvalue weighted by atomic mass is 16.5. The van der Waals surface area contributed by atoms with Crippen LogP contribution in [0.2, 0.25) is 0 Å². The molecule has 2 aromatic rings. The van der Waals surface area contributed by atoms with Gasteiger partial charge >= 0.3 is 5.97 Å². The number of nitrogens with zero attached hydrogens (tertiary/aromatic N) is 1. The van der Waals surface area contributed by atoms with Gasteiger partial charge < -0.3 is 20.5 Å². The minimum absolute atomic E-state index is 0.158. The lowest BCUT2D eigenvalue weighted by Gasteiger charge is -2.07. The van der Waals surface area contributed by atoms with E-state index in [-0.39, 0.29) is 23.9 Å². The summed E-state index contributed by atoms with van der Waals surface area (Å²) in [6.45, 7) is 1.52. The van der Waals surface area contributed by atoms with Gasteiger partial charge in [0.1, 0.15) is 12.3 Å². The molecule has 1 aliphatic carbocycles. The highest BCUT2D eigenvalue weighted by Crippen LogP contribution is 2.28. The molecule has 0 spiro atoms. The van der Waals surface area contributed by atoms with Crippen LogP contribution in [0.1, 0.15) is 41.4 Å². The number of carbonyl (C=O) groups excluding carboxylic acids is 3. The zero-order chi connectivity index (χ0) is 21.5. The van der Waals surface area contributed by atoms with Crippen molar-refractivity contribution >= 4 is 23.5 Å². The Morgan fingerprint density at radius 3 is 2.50 bits per heavy atom. The van der Waals surface area contributed by atoms with Crippen molar-refractivity contribution in [2.24, 2.45) is 5.92 Å². The summed E-state index contributed by atoms with van der Waals surface area (Å²) in [6, 6.07) is 8.27. The lowest BCUT2D eigenvalue weighted by Crippen LogP contribution is -2.31. The van der Waals surface area contributed by atoms with Gasteiger partial charge in [-0.3, -0.25) is 14.4 Å². The van der Waals surface area contributed by atoms with Gasteiger partial charge in [-0.25, -0.2) is 4.98 Å². The van der Waals surface area contributed by atoms with Crippen molar-refractivity contribution in [1.82, 2.24) is 10.3 Å².